The SMILES string of the molecule is CC(C)c1ccccc1C(C)C.CC(C)c1cccnc1C(C)C.CC(C)c1cccnc1C(C)C.CC(C)c1ccncc1C(C)C.CC(C)c1ccncc1C(C)C. The van der Waals surface area contributed by atoms with Gasteiger partial charge in [0.15, 0.2) is 0 Å². The molecule has 0 spiro atoms. The lowest BCUT2D eigenvalue weighted by Crippen LogP contribution is -2.00. The first-order chi connectivity index (χ1) is 28.1. The molecule has 330 valence electrons. The molecule has 4 heteroatoms. The minimum Gasteiger partial charge on any atom is -0.264 e. The number of nitrogens with zero attached hydrogens (tertiary/aromatic N) is 4. The summed E-state index contributed by atoms with van der Waals surface area (Å²) in [4.78, 5) is 17.1. The van der Waals surface area contributed by atoms with Crippen LogP contribution in [0, 0.1) is 0 Å². The molecule has 4 heterocycles. The highest BCUT2D eigenvalue weighted by molar-refractivity contribution is 5.32. The highest BCUT2D eigenvalue weighted by Gasteiger charge is 2.12. The Bertz CT molecular complexity index is 1440. The van der Waals surface area contributed by atoms with E-state index in [1.165, 1.54) is 55.9 Å². The molecule has 0 amide bonds. The van der Waals surface area contributed by atoms with E-state index in [2.05, 4.69) is 207 Å². The van der Waals surface area contributed by atoms with Gasteiger partial charge in [0.05, 0.1) is 0 Å². The Morgan fingerprint density at radius 2 is 0.500 bits per heavy atom. The van der Waals surface area contributed by atoms with Crippen LogP contribution in [0.5, 0.6) is 0 Å². The van der Waals surface area contributed by atoms with E-state index in [0.29, 0.717) is 59.2 Å². The van der Waals surface area contributed by atoms with Crippen molar-refractivity contribution in [2.24, 2.45) is 0 Å². The zero-order valence-electron chi connectivity index (χ0n) is 41.8. The van der Waals surface area contributed by atoms with Crippen molar-refractivity contribution in [2.45, 2.75) is 198 Å². The average Bonchev–Trinajstić information content (AvgIpc) is 3.21. The normalized spacial score (nSPS) is 11.2. The third kappa shape index (κ3) is 18.2. The molecule has 0 saturated heterocycles. The smallest absolute Gasteiger partial charge is 0.0463 e. The fraction of sp³-hybridized carbons (Fsp3) is 0.536. The van der Waals surface area contributed by atoms with Crippen LogP contribution in [0.3, 0.4) is 0 Å². The maximum atomic E-state index is 4.40. The van der Waals surface area contributed by atoms with Crippen molar-refractivity contribution in [2.75, 3.05) is 0 Å². The predicted octanol–water partition coefficient (Wildman–Crippen LogP) is 17.2. The second-order valence-corrected chi connectivity index (χ2v) is 19.1. The lowest BCUT2D eigenvalue weighted by Gasteiger charge is -2.14. The van der Waals surface area contributed by atoms with Crippen LogP contribution < -0.4 is 0 Å². The third-order valence-corrected chi connectivity index (χ3v) is 10.6. The van der Waals surface area contributed by atoms with Gasteiger partial charge in [0.2, 0.25) is 0 Å². The summed E-state index contributed by atoms with van der Waals surface area (Å²) in [6.07, 6.45) is 11.5. The second-order valence-electron chi connectivity index (χ2n) is 19.1. The Labute approximate surface area is 370 Å². The van der Waals surface area contributed by atoms with E-state index in [1.54, 1.807) is 0 Å². The summed E-state index contributed by atoms with van der Waals surface area (Å²) in [6, 6.07) is 21.4. The van der Waals surface area contributed by atoms with E-state index < -0.39 is 0 Å². The van der Waals surface area contributed by atoms with Gasteiger partial charge in [-0.25, -0.2) is 0 Å². The van der Waals surface area contributed by atoms with Crippen molar-refractivity contribution < 1.29 is 0 Å². The monoisotopic (exact) mass is 815 g/mol. The summed E-state index contributed by atoms with van der Waals surface area (Å²) in [5.74, 6) is 5.87. The summed E-state index contributed by atoms with van der Waals surface area (Å²) >= 11 is 0. The fourth-order valence-electron chi connectivity index (χ4n) is 7.21. The van der Waals surface area contributed by atoms with Gasteiger partial charge >= 0.3 is 0 Å². The number of hydrogen-bond donors (Lipinski definition) is 0. The van der Waals surface area contributed by atoms with E-state index in [9.17, 15) is 0 Å². The second kappa shape index (κ2) is 27.6. The maximum Gasteiger partial charge on any atom is 0.0463 e. The van der Waals surface area contributed by atoms with Gasteiger partial charge < -0.3 is 0 Å². The zero-order chi connectivity index (χ0) is 45.7. The van der Waals surface area contributed by atoms with Crippen LogP contribution in [0.4, 0.5) is 0 Å². The summed E-state index contributed by atoms with van der Waals surface area (Å²) < 4.78 is 0. The van der Waals surface area contributed by atoms with Gasteiger partial charge in [-0.1, -0.05) is 175 Å². The van der Waals surface area contributed by atoms with Gasteiger partial charge in [0, 0.05) is 48.6 Å². The van der Waals surface area contributed by atoms with Crippen LogP contribution in [-0.4, -0.2) is 19.9 Å². The molecule has 0 aliphatic carbocycles. The Balaban J connectivity index is 0.000000375. The maximum absolute atomic E-state index is 4.40. The molecule has 5 rings (SSSR count). The van der Waals surface area contributed by atoms with E-state index >= 15 is 0 Å². The molecular formula is C56H86N4. The lowest BCUT2D eigenvalue weighted by atomic mass is 9.91. The molecule has 0 aliphatic rings. The van der Waals surface area contributed by atoms with Gasteiger partial charge in [0.25, 0.3) is 0 Å². The molecule has 0 fully saturated rings. The average molecular weight is 815 g/mol. The molecule has 5 aromatic rings. The van der Waals surface area contributed by atoms with Crippen LogP contribution >= 0.6 is 0 Å². The molecule has 60 heavy (non-hydrogen) atoms. The number of rotatable bonds is 10. The van der Waals surface area contributed by atoms with Crippen molar-refractivity contribution in [1.82, 2.24) is 19.9 Å². The molecule has 4 aromatic heterocycles. The Hall–Kier alpha value is -4.18. The molecule has 0 N–H and O–H groups in total. The largest absolute Gasteiger partial charge is 0.264 e. The van der Waals surface area contributed by atoms with Crippen molar-refractivity contribution >= 4 is 0 Å². The summed E-state index contributed by atoms with van der Waals surface area (Å²) in [6.45, 7) is 44.3. The molecule has 0 unspecified atom stereocenters. The first-order valence-electron chi connectivity index (χ1n) is 23.0. The molecular weight excluding hydrogens is 729 g/mol. The Morgan fingerprint density at radius 1 is 0.250 bits per heavy atom. The molecule has 4 nitrogen and oxygen atoms in total. The quantitative estimate of drug-likeness (QED) is 0.141. The van der Waals surface area contributed by atoms with Crippen molar-refractivity contribution in [3.8, 4) is 0 Å². The Kier molecular flexibility index (Phi) is 24.8. The predicted molar refractivity (Wildman–Crippen MR) is 264 cm³/mol. The summed E-state index contributed by atoms with van der Waals surface area (Å²) in [7, 11) is 0. The lowest BCUT2D eigenvalue weighted by molar-refractivity contribution is 0.757. The molecule has 0 aliphatic heterocycles. The highest BCUT2D eigenvalue weighted by Crippen LogP contribution is 2.28. The first-order valence-corrected chi connectivity index (χ1v) is 23.0. The van der Waals surface area contributed by atoms with Crippen LogP contribution in [0.2, 0.25) is 0 Å². The van der Waals surface area contributed by atoms with E-state index in [1.807, 2.05) is 49.3 Å². The van der Waals surface area contributed by atoms with Gasteiger partial charge in [-0.05, 0) is 128 Å². The van der Waals surface area contributed by atoms with Gasteiger partial charge in [-0.2, -0.15) is 0 Å². The first kappa shape index (κ1) is 53.8. The molecule has 0 saturated carbocycles. The third-order valence-electron chi connectivity index (χ3n) is 10.6. The van der Waals surface area contributed by atoms with Crippen LogP contribution in [0.1, 0.15) is 254 Å². The van der Waals surface area contributed by atoms with Crippen LogP contribution in [0.15, 0.2) is 97.8 Å². The fourth-order valence-corrected chi connectivity index (χ4v) is 7.21. The molecule has 0 radical (unpaired) electrons. The topological polar surface area (TPSA) is 51.6 Å². The highest BCUT2D eigenvalue weighted by atomic mass is 14.7. The zero-order valence-corrected chi connectivity index (χ0v) is 41.8. The summed E-state index contributed by atoms with van der Waals surface area (Å²) in [5, 5.41) is 0. The van der Waals surface area contributed by atoms with Crippen LogP contribution in [0.25, 0.3) is 0 Å². The molecule has 1 aromatic carbocycles. The van der Waals surface area contributed by atoms with Crippen molar-refractivity contribution in [1.29, 1.82) is 0 Å². The van der Waals surface area contributed by atoms with E-state index in [0.717, 1.165) is 0 Å². The van der Waals surface area contributed by atoms with Crippen molar-refractivity contribution in [3.63, 3.8) is 0 Å². The van der Waals surface area contributed by atoms with E-state index in [-0.39, 0.29) is 0 Å². The minimum absolute atomic E-state index is 0.531. The Morgan fingerprint density at radius 3 is 0.717 bits per heavy atom. The standard InChI is InChI=1S/C12H18.4C11H17N/c1-9(2)11-7-5-6-8-12(11)10(3)4;2*1-8(2)10-5-6-12-7-11(10)9(3)4;2*1-8(2)10-6-5-7-12-11(10)9(3)4/h5-10H,1-4H3;4*5-9H,1-4H3. The summed E-state index contributed by atoms with van der Waals surface area (Å²) in [5.41, 5.74) is 13.9. The number of benzene rings is 1. The molecule has 0 bridgehead atoms. The van der Waals surface area contributed by atoms with Gasteiger partial charge in [0.1, 0.15) is 0 Å². The van der Waals surface area contributed by atoms with Crippen LogP contribution in [-0.2, 0) is 0 Å². The van der Waals surface area contributed by atoms with Gasteiger partial charge in [-0.15, -0.1) is 0 Å². The number of pyridine rings is 4. The number of aromatic nitrogens is 4. The van der Waals surface area contributed by atoms with E-state index in [4.69, 9.17) is 0 Å². The molecule has 0 atom stereocenters. The van der Waals surface area contributed by atoms with Crippen molar-refractivity contribution in [3.05, 3.63) is 154 Å². The van der Waals surface area contributed by atoms with Gasteiger partial charge in [-0.3, -0.25) is 19.9 Å². The minimum atomic E-state index is 0.531. The number of hydrogen-bond acceptors (Lipinski definition) is 4.